The van der Waals surface area contributed by atoms with Crippen LogP contribution in [0.2, 0.25) is 0 Å². The Morgan fingerprint density at radius 2 is 2.00 bits per heavy atom. The molecular formula is C13H26N2O2. The lowest BCUT2D eigenvalue weighted by Crippen LogP contribution is -2.45. The number of aliphatic hydroxyl groups excluding tert-OH is 1. The number of carbonyl (C=O) groups is 1. The summed E-state index contributed by atoms with van der Waals surface area (Å²) in [5.74, 6) is 0.669. The molecule has 1 rings (SSSR count). The summed E-state index contributed by atoms with van der Waals surface area (Å²) in [6, 6.07) is -0.175. The van der Waals surface area contributed by atoms with Gasteiger partial charge in [-0.25, -0.2) is 0 Å². The predicted octanol–water partition coefficient (Wildman–Crippen LogP) is 0.899. The highest BCUT2D eigenvalue weighted by Crippen LogP contribution is 2.44. The van der Waals surface area contributed by atoms with Crippen LogP contribution in [0.3, 0.4) is 0 Å². The van der Waals surface area contributed by atoms with Crippen molar-refractivity contribution < 1.29 is 9.90 Å². The van der Waals surface area contributed by atoms with Gasteiger partial charge in [0.1, 0.15) is 0 Å². The van der Waals surface area contributed by atoms with E-state index in [1.807, 2.05) is 6.92 Å². The maximum atomic E-state index is 11.7. The number of carbonyl (C=O) groups excluding carboxylic acids is 1. The highest BCUT2D eigenvalue weighted by Gasteiger charge is 2.41. The van der Waals surface area contributed by atoms with Gasteiger partial charge in [0, 0.05) is 25.1 Å². The fourth-order valence-electron chi connectivity index (χ4n) is 1.67. The summed E-state index contributed by atoms with van der Waals surface area (Å²) in [5.41, 5.74) is 0.0620. The van der Waals surface area contributed by atoms with Crippen molar-refractivity contribution in [2.24, 2.45) is 11.3 Å². The highest BCUT2D eigenvalue weighted by atomic mass is 16.3. The van der Waals surface area contributed by atoms with Crippen LogP contribution in [0.25, 0.3) is 0 Å². The van der Waals surface area contributed by atoms with Crippen LogP contribution in [-0.4, -0.2) is 36.8 Å². The van der Waals surface area contributed by atoms with Gasteiger partial charge in [0.15, 0.2) is 0 Å². The number of rotatable bonds is 8. The van der Waals surface area contributed by atoms with Crippen LogP contribution in [0.15, 0.2) is 0 Å². The van der Waals surface area contributed by atoms with Crippen LogP contribution in [0, 0.1) is 11.3 Å². The Morgan fingerprint density at radius 1 is 1.35 bits per heavy atom. The van der Waals surface area contributed by atoms with Gasteiger partial charge >= 0.3 is 0 Å². The zero-order valence-electron chi connectivity index (χ0n) is 11.3. The molecule has 0 aromatic carbocycles. The van der Waals surface area contributed by atoms with Crippen LogP contribution >= 0.6 is 0 Å². The Bertz CT molecular complexity index is 250. The summed E-state index contributed by atoms with van der Waals surface area (Å²) in [4.78, 5) is 11.7. The molecule has 0 aromatic heterocycles. The van der Waals surface area contributed by atoms with Crippen LogP contribution in [-0.2, 0) is 4.79 Å². The summed E-state index contributed by atoms with van der Waals surface area (Å²) in [6.45, 7) is 7.87. The van der Waals surface area contributed by atoms with Crippen LogP contribution in [0.1, 0.15) is 40.0 Å². The van der Waals surface area contributed by atoms with Crippen LogP contribution in [0.4, 0.5) is 0 Å². The van der Waals surface area contributed by atoms with Crippen molar-refractivity contribution in [3.8, 4) is 0 Å². The third-order valence-electron chi connectivity index (χ3n) is 3.49. The molecule has 1 fully saturated rings. The molecule has 4 nitrogen and oxygen atoms in total. The topological polar surface area (TPSA) is 61.4 Å². The average Bonchev–Trinajstić information content (AvgIpc) is 3.06. The first-order chi connectivity index (χ1) is 7.99. The van der Waals surface area contributed by atoms with E-state index >= 15 is 0 Å². The van der Waals surface area contributed by atoms with Crippen molar-refractivity contribution in [1.29, 1.82) is 0 Å². The fraction of sp³-hybridized carbons (Fsp3) is 0.923. The van der Waals surface area contributed by atoms with E-state index in [0.29, 0.717) is 5.92 Å². The van der Waals surface area contributed by atoms with Crippen molar-refractivity contribution in [3.05, 3.63) is 0 Å². The Morgan fingerprint density at radius 3 is 2.47 bits per heavy atom. The van der Waals surface area contributed by atoms with E-state index < -0.39 is 0 Å². The molecule has 0 bridgehead atoms. The lowest BCUT2D eigenvalue weighted by Gasteiger charge is -2.18. The molecule has 4 heteroatoms. The van der Waals surface area contributed by atoms with E-state index in [1.165, 1.54) is 0 Å². The molecule has 1 atom stereocenters. The van der Waals surface area contributed by atoms with Gasteiger partial charge in [-0.05, 0) is 32.1 Å². The maximum absolute atomic E-state index is 11.7. The Balaban J connectivity index is 2.14. The molecule has 100 valence electrons. The molecule has 0 aromatic rings. The number of aliphatic hydroxyl groups is 1. The average molecular weight is 242 g/mol. The smallest absolute Gasteiger partial charge is 0.236 e. The van der Waals surface area contributed by atoms with E-state index in [4.69, 9.17) is 5.11 Å². The van der Waals surface area contributed by atoms with Crippen LogP contribution in [0.5, 0.6) is 0 Å². The molecule has 1 aliphatic carbocycles. The van der Waals surface area contributed by atoms with Crippen molar-refractivity contribution >= 4 is 5.91 Å². The number of amides is 1. The van der Waals surface area contributed by atoms with Gasteiger partial charge < -0.3 is 15.7 Å². The van der Waals surface area contributed by atoms with Gasteiger partial charge in [0.25, 0.3) is 0 Å². The molecule has 1 saturated carbocycles. The molecule has 0 aliphatic heterocycles. The number of hydrogen-bond acceptors (Lipinski definition) is 3. The van der Waals surface area contributed by atoms with Crippen LogP contribution < -0.4 is 10.6 Å². The van der Waals surface area contributed by atoms with Crippen molar-refractivity contribution in [2.45, 2.75) is 46.1 Å². The highest BCUT2D eigenvalue weighted by molar-refractivity contribution is 5.81. The lowest BCUT2D eigenvalue weighted by molar-refractivity contribution is -0.122. The van der Waals surface area contributed by atoms with Gasteiger partial charge in [0.05, 0.1) is 6.04 Å². The summed E-state index contributed by atoms with van der Waals surface area (Å²) < 4.78 is 0. The molecule has 0 heterocycles. The minimum absolute atomic E-state index is 0.0550. The first kappa shape index (κ1) is 14.5. The second kappa shape index (κ2) is 6.36. The SMILES string of the molecule is CC(C)CCNC(=O)C(C)NCC1(CO)CC1. The molecule has 1 unspecified atom stereocenters. The lowest BCUT2D eigenvalue weighted by atomic mass is 10.1. The summed E-state index contributed by atoms with van der Waals surface area (Å²) in [5, 5.41) is 15.3. The Labute approximate surface area is 104 Å². The molecule has 17 heavy (non-hydrogen) atoms. The van der Waals surface area contributed by atoms with E-state index in [9.17, 15) is 4.79 Å². The van der Waals surface area contributed by atoms with E-state index in [-0.39, 0.29) is 24.0 Å². The van der Waals surface area contributed by atoms with E-state index in [1.54, 1.807) is 0 Å². The Hall–Kier alpha value is -0.610. The fourth-order valence-corrected chi connectivity index (χ4v) is 1.67. The standard InChI is InChI=1S/C13H26N2O2/c1-10(2)4-7-14-12(17)11(3)15-8-13(9-16)5-6-13/h10-11,15-16H,4-9H2,1-3H3,(H,14,17). The summed E-state index contributed by atoms with van der Waals surface area (Å²) in [6.07, 6.45) is 3.15. The van der Waals surface area contributed by atoms with E-state index in [0.717, 1.165) is 32.4 Å². The molecule has 0 spiro atoms. The second-order valence-electron chi connectivity index (χ2n) is 5.73. The van der Waals surface area contributed by atoms with Gasteiger partial charge in [-0.3, -0.25) is 4.79 Å². The second-order valence-corrected chi connectivity index (χ2v) is 5.73. The molecule has 0 saturated heterocycles. The molecule has 0 radical (unpaired) electrons. The molecule has 1 aliphatic rings. The molecule has 1 amide bonds. The third kappa shape index (κ3) is 5.04. The number of hydrogen-bond donors (Lipinski definition) is 3. The largest absolute Gasteiger partial charge is 0.396 e. The summed E-state index contributed by atoms with van der Waals surface area (Å²) in [7, 11) is 0. The zero-order valence-corrected chi connectivity index (χ0v) is 11.3. The van der Waals surface area contributed by atoms with Gasteiger partial charge in [-0.1, -0.05) is 13.8 Å². The normalized spacial score (nSPS) is 19.1. The first-order valence-electron chi connectivity index (χ1n) is 6.61. The first-order valence-corrected chi connectivity index (χ1v) is 6.61. The zero-order chi connectivity index (χ0) is 12.9. The summed E-state index contributed by atoms with van der Waals surface area (Å²) >= 11 is 0. The Kier molecular flexibility index (Phi) is 5.40. The van der Waals surface area contributed by atoms with Crippen molar-refractivity contribution in [3.63, 3.8) is 0 Å². The van der Waals surface area contributed by atoms with Gasteiger partial charge in [0.2, 0.25) is 5.91 Å². The van der Waals surface area contributed by atoms with Crippen molar-refractivity contribution in [1.82, 2.24) is 10.6 Å². The predicted molar refractivity (Wildman–Crippen MR) is 68.7 cm³/mol. The van der Waals surface area contributed by atoms with Gasteiger partial charge in [-0.2, -0.15) is 0 Å². The van der Waals surface area contributed by atoms with Crippen molar-refractivity contribution in [2.75, 3.05) is 19.7 Å². The van der Waals surface area contributed by atoms with Gasteiger partial charge in [-0.15, -0.1) is 0 Å². The minimum Gasteiger partial charge on any atom is -0.396 e. The maximum Gasteiger partial charge on any atom is 0.236 e. The third-order valence-corrected chi connectivity index (χ3v) is 3.49. The molecular weight excluding hydrogens is 216 g/mol. The van der Waals surface area contributed by atoms with E-state index in [2.05, 4.69) is 24.5 Å². The minimum atomic E-state index is -0.175. The molecule has 3 N–H and O–H groups in total. The number of nitrogens with one attached hydrogen (secondary N) is 2. The monoisotopic (exact) mass is 242 g/mol. The quantitative estimate of drug-likeness (QED) is 0.592.